The minimum atomic E-state index is -0.876. The summed E-state index contributed by atoms with van der Waals surface area (Å²) in [7, 11) is 0. The summed E-state index contributed by atoms with van der Waals surface area (Å²) in [5.41, 5.74) is 1.88. The third-order valence-corrected chi connectivity index (χ3v) is 4.37. The van der Waals surface area contributed by atoms with Crippen LogP contribution in [0, 0.1) is 5.82 Å². The number of carboxylic acid groups (broad SMARTS) is 1. The lowest BCUT2D eigenvalue weighted by molar-refractivity contribution is -0.133. The number of carbonyl (C=O) groups excluding carboxylic acids is 1. The molecule has 6 nitrogen and oxygen atoms in total. The normalized spacial score (nSPS) is 10.9. The summed E-state index contributed by atoms with van der Waals surface area (Å²) in [4.78, 5) is 22.9. The second-order valence-corrected chi connectivity index (χ2v) is 6.79. The van der Waals surface area contributed by atoms with Crippen LogP contribution in [0.15, 0.2) is 30.5 Å². The van der Waals surface area contributed by atoms with Gasteiger partial charge in [-0.2, -0.15) is 5.10 Å². The van der Waals surface area contributed by atoms with Gasteiger partial charge < -0.3 is 10.4 Å². The van der Waals surface area contributed by atoms with Crippen molar-refractivity contribution in [2.45, 2.75) is 19.8 Å². The van der Waals surface area contributed by atoms with Crippen LogP contribution in [0.4, 0.5) is 4.39 Å². The molecule has 134 valence electrons. The van der Waals surface area contributed by atoms with E-state index >= 15 is 0 Å². The zero-order valence-electron chi connectivity index (χ0n) is 14.0. The first-order valence-electron chi connectivity index (χ1n) is 7.81. The maximum atomic E-state index is 13.1. The predicted molar refractivity (Wildman–Crippen MR) is 94.9 cm³/mol. The molecule has 2 rings (SSSR count). The summed E-state index contributed by atoms with van der Waals surface area (Å²) >= 11 is 1.24. The molecule has 0 fully saturated rings. The van der Waals surface area contributed by atoms with E-state index in [1.807, 2.05) is 13.8 Å². The third-order valence-electron chi connectivity index (χ3n) is 3.43. The Kier molecular flexibility index (Phi) is 6.58. The van der Waals surface area contributed by atoms with Crippen molar-refractivity contribution in [3.8, 4) is 5.69 Å². The van der Waals surface area contributed by atoms with Gasteiger partial charge in [-0.15, -0.1) is 11.8 Å². The van der Waals surface area contributed by atoms with E-state index < -0.39 is 5.97 Å². The second kappa shape index (κ2) is 8.66. The molecule has 2 N–H and O–H groups in total. The van der Waals surface area contributed by atoms with Gasteiger partial charge >= 0.3 is 5.97 Å². The third kappa shape index (κ3) is 5.06. The Balaban J connectivity index is 2.11. The number of carboxylic acids is 1. The van der Waals surface area contributed by atoms with Crippen LogP contribution in [-0.4, -0.2) is 44.8 Å². The SMILES string of the molecule is CC(C)c1c(C(=O)NCCSCC(=O)O)cnn1-c1ccc(F)cc1. The van der Waals surface area contributed by atoms with Gasteiger partial charge in [0.1, 0.15) is 5.82 Å². The number of hydrogen-bond donors (Lipinski definition) is 2. The van der Waals surface area contributed by atoms with E-state index in [2.05, 4.69) is 10.4 Å². The molecule has 0 aliphatic rings. The average molecular weight is 365 g/mol. The lowest BCUT2D eigenvalue weighted by atomic mass is 10.1. The Hall–Kier alpha value is -2.35. The number of hydrogen-bond acceptors (Lipinski definition) is 4. The number of thioether (sulfide) groups is 1. The topological polar surface area (TPSA) is 84.2 Å². The lowest BCUT2D eigenvalue weighted by Gasteiger charge is -2.13. The summed E-state index contributed by atoms with van der Waals surface area (Å²) in [6.07, 6.45) is 1.50. The van der Waals surface area contributed by atoms with Crippen LogP contribution in [0.2, 0.25) is 0 Å². The van der Waals surface area contributed by atoms with Crippen LogP contribution in [0.5, 0.6) is 0 Å². The fraction of sp³-hybridized carbons (Fsp3) is 0.353. The second-order valence-electron chi connectivity index (χ2n) is 5.69. The molecular weight excluding hydrogens is 345 g/mol. The van der Waals surface area contributed by atoms with Crippen molar-refractivity contribution in [3.05, 3.63) is 47.5 Å². The summed E-state index contributed by atoms with van der Waals surface area (Å²) in [5, 5.41) is 15.6. The lowest BCUT2D eigenvalue weighted by Crippen LogP contribution is -2.27. The van der Waals surface area contributed by atoms with Gasteiger partial charge in [0.25, 0.3) is 5.91 Å². The monoisotopic (exact) mass is 365 g/mol. The van der Waals surface area contributed by atoms with E-state index in [1.165, 1.54) is 30.1 Å². The van der Waals surface area contributed by atoms with Crippen LogP contribution in [0.1, 0.15) is 35.8 Å². The van der Waals surface area contributed by atoms with Crippen molar-refractivity contribution in [1.82, 2.24) is 15.1 Å². The van der Waals surface area contributed by atoms with Crippen molar-refractivity contribution in [2.24, 2.45) is 0 Å². The van der Waals surface area contributed by atoms with Crippen LogP contribution in [-0.2, 0) is 4.79 Å². The average Bonchev–Trinajstić information content (AvgIpc) is 3.00. The Labute approximate surface area is 149 Å². The van der Waals surface area contributed by atoms with E-state index in [1.54, 1.807) is 16.8 Å². The van der Waals surface area contributed by atoms with Gasteiger partial charge in [-0.25, -0.2) is 9.07 Å². The summed E-state index contributed by atoms with van der Waals surface area (Å²) in [6.45, 7) is 4.28. The molecule has 0 saturated carbocycles. The molecular formula is C17H20FN3O3S. The molecule has 1 amide bonds. The first-order valence-corrected chi connectivity index (χ1v) is 8.97. The van der Waals surface area contributed by atoms with Crippen LogP contribution >= 0.6 is 11.8 Å². The van der Waals surface area contributed by atoms with Gasteiger partial charge in [0.05, 0.1) is 28.9 Å². The first-order chi connectivity index (χ1) is 11.9. The Morgan fingerprint density at radius 3 is 2.60 bits per heavy atom. The van der Waals surface area contributed by atoms with Gasteiger partial charge in [0.2, 0.25) is 0 Å². The van der Waals surface area contributed by atoms with E-state index in [9.17, 15) is 14.0 Å². The molecule has 1 aromatic heterocycles. The molecule has 0 atom stereocenters. The Morgan fingerprint density at radius 1 is 1.32 bits per heavy atom. The van der Waals surface area contributed by atoms with Gasteiger partial charge in [-0.1, -0.05) is 13.8 Å². The predicted octanol–water partition coefficient (Wildman–Crippen LogP) is 2.68. The van der Waals surface area contributed by atoms with Gasteiger partial charge in [-0.3, -0.25) is 9.59 Å². The highest BCUT2D eigenvalue weighted by molar-refractivity contribution is 7.99. The number of aliphatic carboxylic acids is 1. The standard InChI is InChI=1S/C17H20FN3O3S/c1-11(2)16-14(17(24)19-7-8-25-10-15(22)23)9-20-21(16)13-5-3-12(18)4-6-13/h3-6,9,11H,7-8,10H2,1-2H3,(H,19,24)(H,22,23). The van der Waals surface area contributed by atoms with Crippen LogP contribution in [0.25, 0.3) is 5.69 Å². The fourth-order valence-electron chi connectivity index (χ4n) is 2.37. The summed E-state index contributed by atoms with van der Waals surface area (Å²) in [5.74, 6) is -0.906. The van der Waals surface area contributed by atoms with Crippen molar-refractivity contribution in [3.63, 3.8) is 0 Å². The minimum absolute atomic E-state index is 0.00954. The fourth-order valence-corrected chi connectivity index (χ4v) is 2.93. The molecule has 0 aliphatic carbocycles. The largest absolute Gasteiger partial charge is 0.481 e. The van der Waals surface area contributed by atoms with Gasteiger partial charge in [-0.05, 0) is 30.2 Å². The zero-order chi connectivity index (χ0) is 18.4. The molecule has 2 aromatic rings. The van der Waals surface area contributed by atoms with Gasteiger partial charge in [0.15, 0.2) is 0 Å². The highest BCUT2D eigenvalue weighted by Crippen LogP contribution is 2.23. The molecule has 25 heavy (non-hydrogen) atoms. The first kappa shape index (κ1) is 19.0. The number of benzene rings is 1. The number of carbonyl (C=O) groups is 2. The maximum Gasteiger partial charge on any atom is 0.313 e. The molecule has 0 saturated heterocycles. The molecule has 0 bridgehead atoms. The number of nitrogens with zero attached hydrogens (tertiary/aromatic N) is 2. The number of amides is 1. The molecule has 1 aromatic carbocycles. The zero-order valence-corrected chi connectivity index (χ0v) is 14.8. The molecule has 8 heteroatoms. The van der Waals surface area contributed by atoms with E-state index in [0.29, 0.717) is 23.5 Å². The van der Waals surface area contributed by atoms with Crippen molar-refractivity contribution in [1.29, 1.82) is 0 Å². The Bertz CT molecular complexity index is 744. The summed E-state index contributed by atoms with van der Waals surface area (Å²) < 4.78 is 14.8. The molecule has 1 heterocycles. The van der Waals surface area contributed by atoms with E-state index in [4.69, 9.17) is 5.11 Å². The van der Waals surface area contributed by atoms with E-state index in [-0.39, 0.29) is 23.4 Å². The molecule has 0 spiro atoms. The highest BCUT2D eigenvalue weighted by Gasteiger charge is 2.20. The number of halogens is 1. The number of aromatic nitrogens is 2. The smallest absolute Gasteiger partial charge is 0.313 e. The number of rotatable bonds is 8. The maximum absolute atomic E-state index is 13.1. The van der Waals surface area contributed by atoms with Crippen LogP contribution in [0.3, 0.4) is 0 Å². The highest BCUT2D eigenvalue weighted by atomic mass is 32.2. The van der Waals surface area contributed by atoms with Crippen molar-refractivity contribution >= 4 is 23.6 Å². The molecule has 0 radical (unpaired) electrons. The van der Waals surface area contributed by atoms with Gasteiger partial charge in [0, 0.05) is 12.3 Å². The molecule has 0 unspecified atom stereocenters. The summed E-state index contributed by atoms with van der Waals surface area (Å²) in [6, 6.07) is 5.91. The van der Waals surface area contributed by atoms with Crippen molar-refractivity contribution in [2.75, 3.05) is 18.1 Å². The Morgan fingerprint density at radius 2 is 2.00 bits per heavy atom. The van der Waals surface area contributed by atoms with E-state index in [0.717, 1.165) is 5.69 Å². The quantitative estimate of drug-likeness (QED) is 0.703. The minimum Gasteiger partial charge on any atom is -0.481 e. The van der Waals surface area contributed by atoms with Crippen molar-refractivity contribution < 1.29 is 19.1 Å². The van der Waals surface area contributed by atoms with Crippen LogP contribution < -0.4 is 5.32 Å². The number of nitrogens with one attached hydrogen (secondary N) is 1. The molecule has 0 aliphatic heterocycles.